The molecule has 0 unspecified atom stereocenters. The molecular weight excluding hydrogens is 408 g/mol. The second-order valence-corrected chi connectivity index (χ2v) is 7.72. The highest BCUT2D eigenvalue weighted by Crippen LogP contribution is 2.32. The van der Waals surface area contributed by atoms with E-state index in [-0.39, 0.29) is 35.7 Å². The van der Waals surface area contributed by atoms with E-state index < -0.39 is 5.82 Å². The Bertz CT molecular complexity index is 959. The molecule has 0 saturated carbocycles. The first-order chi connectivity index (χ1) is 13.4. The number of carbonyl (C=O) groups is 2. The molecule has 4 rings (SSSR count). The molecule has 2 aliphatic heterocycles. The van der Waals surface area contributed by atoms with Gasteiger partial charge < -0.3 is 14.4 Å². The van der Waals surface area contributed by atoms with Gasteiger partial charge in [0.1, 0.15) is 23.9 Å². The van der Waals surface area contributed by atoms with Crippen LogP contribution in [0.5, 0.6) is 11.5 Å². The average molecular weight is 424 g/mol. The van der Waals surface area contributed by atoms with E-state index in [1.54, 1.807) is 17.0 Å². The summed E-state index contributed by atoms with van der Waals surface area (Å²) in [6.45, 7) is 1.43. The van der Waals surface area contributed by atoms with Crippen molar-refractivity contribution >= 4 is 34.9 Å². The molecule has 0 aliphatic carbocycles. The number of carbonyl (C=O) groups excluding carboxylic acids is 2. The number of benzene rings is 2. The molecule has 1 amide bonds. The van der Waals surface area contributed by atoms with Crippen molar-refractivity contribution in [1.82, 2.24) is 4.90 Å². The van der Waals surface area contributed by atoms with Crippen molar-refractivity contribution in [2.75, 3.05) is 26.3 Å². The monoisotopic (exact) mass is 423 g/mol. The fraction of sp³-hybridized carbons (Fsp3) is 0.300. The number of rotatable bonds is 4. The number of hydrogen-bond acceptors (Lipinski definition) is 4. The third-order valence-corrected chi connectivity index (χ3v) is 5.38. The summed E-state index contributed by atoms with van der Waals surface area (Å²) >= 11 is 12.2. The molecule has 0 spiro atoms. The van der Waals surface area contributed by atoms with E-state index >= 15 is 0 Å². The molecule has 5 nitrogen and oxygen atoms in total. The first kappa shape index (κ1) is 19.0. The van der Waals surface area contributed by atoms with Crippen molar-refractivity contribution in [2.24, 2.45) is 5.92 Å². The molecule has 0 bridgehead atoms. The highest BCUT2D eigenvalue weighted by atomic mass is 35.5. The zero-order valence-electron chi connectivity index (χ0n) is 14.7. The summed E-state index contributed by atoms with van der Waals surface area (Å²) in [5, 5.41) is 0.515. The SMILES string of the molecule is O=C1COc2cc(Cl)c(C(=O)N3CC(COc4ccc(F)cc4Cl)C3)cc2C1. The second kappa shape index (κ2) is 7.60. The van der Waals surface area contributed by atoms with Crippen molar-refractivity contribution < 1.29 is 23.5 Å². The number of nitrogens with zero attached hydrogens (tertiary/aromatic N) is 1. The van der Waals surface area contributed by atoms with Crippen LogP contribution in [0.4, 0.5) is 4.39 Å². The lowest BCUT2D eigenvalue weighted by molar-refractivity contribution is -0.121. The summed E-state index contributed by atoms with van der Waals surface area (Å²) in [4.78, 5) is 26.0. The van der Waals surface area contributed by atoms with Crippen molar-refractivity contribution in [3.05, 3.63) is 57.3 Å². The van der Waals surface area contributed by atoms with Gasteiger partial charge in [0, 0.05) is 31.0 Å². The largest absolute Gasteiger partial charge is 0.492 e. The van der Waals surface area contributed by atoms with Crippen molar-refractivity contribution in [1.29, 1.82) is 0 Å². The number of ketones is 1. The summed E-state index contributed by atoms with van der Waals surface area (Å²) in [5.74, 6) is 0.455. The van der Waals surface area contributed by atoms with Crippen molar-refractivity contribution in [3.8, 4) is 11.5 Å². The number of ether oxygens (including phenoxy) is 2. The number of likely N-dealkylation sites (tertiary alicyclic amines) is 1. The predicted molar refractivity (Wildman–Crippen MR) is 102 cm³/mol. The van der Waals surface area contributed by atoms with Gasteiger partial charge in [-0.15, -0.1) is 0 Å². The van der Waals surface area contributed by atoms with Crippen LogP contribution >= 0.6 is 23.2 Å². The zero-order valence-corrected chi connectivity index (χ0v) is 16.2. The van der Waals surface area contributed by atoms with Gasteiger partial charge in [0.15, 0.2) is 5.78 Å². The molecule has 2 aliphatic rings. The quantitative estimate of drug-likeness (QED) is 0.750. The van der Waals surface area contributed by atoms with Crippen LogP contribution in [0.1, 0.15) is 15.9 Å². The Morgan fingerprint density at radius 1 is 1.21 bits per heavy atom. The first-order valence-corrected chi connectivity index (χ1v) is 9.50. The Hall–Kier alpha value is -2.31. The van der Waals surface area contributed by atoms with E-state index in [1.807, 2.05) is 0 Å². The summed E-state index contributed by atoms with van der Waals surface area (Å²) in [6.07, 6.45) is 0.238. The van der Waals surface area contributed by atoms with Gasteiger partial charge in [-0.1, -0.05) is 23.2 Å². The lowest BCUT2D eigenvalue weighted by Crippen LogP contribution is -2.52. The minimum Gasteiger partial charge on any atom is -0.492 e. The fourth-order valence-electron chi connectivity index (χ4n) is 3.27. The Morgan fingerprint density at radius 3 is 2.75 bits per heavy atom. The molecule has 1 saturated heterocycles. The first-order valence-electron chi connectivity index (χ1n) is 8.74. The minimum atomic E-state index is -0.424. The van der Waals surface area contributed by atoms with Crippen LogP contribution in [0.3, 0.4) is 0 Å². The number of Topliss-reactive ketones (excluding diaryl/α,β-unsaturated/α-hetero) is 1. The zero-order chi connectivity index (χ0) is 19.8. The summed E-state index contributed by atoms with van der Waals surface area (Å²) < 4.78 is 24.0. The smallest absolute Gasteiger partial charge is 0.255 e. The van der Waals surface area contributed by atoms with Gasteiger partial charge >= 0.3 is 0 Å². The normalized spacial score (nSPS) is 16.2. The molecule has 8 heteroatoms. The van der Waals surface area contributed by atoms with Gasteiger partial charge in [-0.2, -0.15) is 0 Å². The Kier molecular flexibility index (Phi) is 5.17. The van der Waals surface area contributed by atoms with Crippen molar-refractivity contribution in [3.63, 3.8) is 0 Å². The standard InChI is InChI=1S/C20H16Cl2FNO4/c21-16-6-19-12(3-14(25)10-28-19)4-15(16)20(26)24-7-11(8-24)9-27-18-2-1-13(23)5-17(18)22/h1-2,4-6,11H,3,7-10H2. The average Bonchev–Trinajstić information content (AvgIpc) is 2.61. The third-order valence-electron chi connectivity index (χ3n) is 4.77. The van der Waals surface area contributed by atoms with E-state index in [4.69, 9.17) is 32.7 Å². The molecule has 0 radical (unpaired) electrons. The molecule has 2 aromatic carbocycles. The van der Waals surface area contributed by atoms with E-state index in [9.17, 15) is 14.0 Å². The molecule has 146 valence electrons. The summed E-state index contributed by atoms with van der Waals surface area (Å²) in [7, 11) is 0. The fourth-order valence-corrected chi connectivity index (χ4v) is 3.73. The minimum absolute atomic E-state index is 0.0303. The van der Waals surface area contributed by atoms with Crippen LogP contribution in [0.2, 0.25) is 10.0 Å². The molecule has 0 aromatic heterocycles. The van der Waals surface area contributed by atoms with Crippen LogP contribution in [-0.2, 0) is 11.2 Å². The van der Waals surface area contributed by atoms with E-state index in [2.05, 4.69) is 0 Å². The maximum Gasteiger partial charge on any atom is 0.255 e. The number of amides is 1. The molecule has 1 fully saturated rings. The second-order valence-electron chi connectivity index (χ2n) is 6.91. The van der Waals surface area contributed by atoms with Crippen LogP contribution in [0, 0.1) is 11.7 Å². The van der Waals surface area contributed by atoms with Gasteiger partial charge in [0.2, 0.25) is 0 Å². The highest BCUT2D eigenvalue weighted by molar-refractivity contribution is 6.34. The molecule has 2 heterocycles. The lowest BCUT2D eigenvalue weighted by Gasteiger charge is -2.39. The van der Waals surface area contributed by atoms with E-state index in [0.717, 1.165) is 0 Å². The van der Waals surface area contributed by atoms with Gasteiger partial charge in [0.05, 0.1) is 22.2 Å². The van der Waals surface area contributed by atoms with Crippen LogP contribution in [0.25, 0.3) is 0 Å². The molecule has 0 atom stereocenters. The number of hydrogen-bond donors (Lipinski definition) is 0. The Labute approximate surface area is 170 Å². The van der Waals surface area contributed by atoms with E-state index in [0.29, 0.717) is 47.3 Å². The molecule has 2 aromatic rings. The van der Waals surface area contributed by atoms with Crippen LogP contribution in [0.15, 0.2) is 30.3 Å². The maximum absolute atomic E-state index is 13.1. The highest BCUT2D eigenvalue weighted by Gasteiger charge is 2.33. The number of halogens is 3. The van der Waals surface area contributed by atoms with Crippen molar-refractivity contribution in [2.45, 2.75) is 6.42 Å². The van der Waals surface area contributed by atoms with Crippen LogP contribution in [-0.4, -0.2) is 42.9 Å². The number of fused-ring (bicyclic) bond motifs is 1. The third kappa shape index (κ3) is 3.80. The molecular formula is C20H16Cl2FNO4. The molecule has 0 N–H and O–H groups in total. The predicted octanol–water partition coefficient (Wildman–Crippen LogP) is 3.79. The maximum atomic E-state index is 13.1. The van der Waals surface area contributed by atoms with Gasteiger partial charge in [-0.25, -0.2) is 4.39 Å². The topological polar surface area (TPSA) is 55.8 Å². The van der Waals surface area contributed by atoms with Gasteiger partial charge in [0.25, 0.3) is 5.91 Å². The Morgan fingerprint density at radius 2 is 2.00 bits per heavy atom. The summed E-state index contributed by atoms with van der Waals surface area (Å²) in [5.41, 5.74) is 1.04. The lowest BCUT2D eigenvalue weighted by atomic mass is 9.97. The van der Waals surface area contributed by atoms with E-state index in [1.165, 1.54) is 18.2 Å². The Balaban J connectivity index is 1.36. The van der Waals surface area contributed by atoms with Crippen LogP contribution < -0.4 is 9.47 Å². The molecule has 28 heavy (non-hydrogen) atoms. The summed E-state index contributed by atoms with van der Waals surface area (Å²) in [6, 6.07) is 7.19. The van der Waals surface area contributed by atoms with Gasteiger partial charge in [-0.3, -0.25) is 9.59 Å². The van der Waals surface area contributed by atoms with Gasteiger partial charge in [-0.05, 0) is 30.3 Å².